The van der Waals surface area contributed by atoms with Crippen molar-refractivity contribution >= 4 is 23.7 Å². The Balaban J connectivity index is 1.56. The van der Waals surface area contributed by atoms with Crippen molar-refractivity contribution in [1.82, 2.24) is 10.6 Å². The van der Waals surface area contributed by atoms with Crippen molar-refractivity contribution < 1.29 is 19.1 Å². The second-order valence-corrected chi connectivity index (χ2v) is 7.07. The monoisotopic (exact) mass is 336 g/mol. The summed E-state index contributed by atoms with van der Waals surface area (Å²) in [6.07, 6.45) is 2.83. The Morgan fingerprint density at radius 2 is 1.96 bits per heavy atom. The van der Waals surface area contributed by atoms with Crippen LogP contribution in [-0.4, -0.2) is 36.4 Å². The first kappa shape index (κ1) is 16.0. The highest BCUT2D eigenvalue weighted by atomic mass is 32.2. The highest BCUT2D eigenvalue weighted by Gasteiger charge is 2.25. The number of hydrogen-bond acceptors (Lipinski definition) is 5. The van der Waals surface area contributed by atoms with Crippen LogP contribution in [0.25, 0.3) is 0 Å². The Labute approximate surface area is 139 Å². The van der Waals surface area contributed by atoms with E-state index in [0.29, 0.717) is 19.0 Å². The third-order valence-corrected chi connectivity index (χ3v) is 4.64. The third-order valence-electron chi connectivity index (χ3n) is 3.55. The maximum Gasteiger partial charge on any atom is 0.321 e. The van der Waals surface area contributed by atoms with Crippen LogP contribution in [0.4, 0.5) is 4.79 Å². The van der Waals surface area contributed by atoms with Crippen LogP contribution in [-0.2, 0) is 4.79 Å². The summed E-state index contributed by atoms with van der Waals surface area (Å²) in [5.41, 5.74) is 0. The van der Waals surface area contributed by atoms with Crippen molar-refractivity contribution in [3.63, 3.8) is 0 Å². The predicted molar refractivity (Wildman–Crippen MR) is 87.1 cm³/mol. The minimum atomic E-state index is -0.413. The number of thioether (sulfide) groups is 1. The molecule has 3 rings (SSSR count). The molecule has 0 radical (unpaired) electrons. The van der Waals surface area contributed by atoms with E-state index in [-0.39, 0.29) is 17.2 Å². The van der Waals surface area contributed by atoms with Gasteiger partial charge in [-0.3, -0.25) is 10.1 Å². The average Bonchev–Trinajstić information content (AvgIpc) is 3.33. The van der Waals surface area contributed by atoms with Gasteiger partial charge in [-0.05, 0) is 38.0 Å². The Kier molecular flexibility index (Phi) is 4.95. The molecule has 1 aromatic rings. The lowest BCUT2D eigenvalue weighted by molar-refractivity contribution is -0.119. The lowest BCUT2D eigenvalue weighted by Crippen LogP contribution is -2.43. The molecule has 23 heavy (non-hydrogen) atoms. The normalized spacial score (nSPS) is 17.8. The molecule has 0 saturated heterocycles. The van der Waals surface area contributed by atoms with Crippen LogP contribution < -0.4 is 20.1 Å². The number of imide groups is 1. The number of ether oxygens (including phenoxy) is 2. The Morgan fingerprint density at radius 1 is 1.22 bits per heavy atom. The van der Waals surface area contributed by atoms with Gasteiger partial charge in [0.1, 0.15) is 0 Å². The summed E-state index contributed by atoms with van der Waals surface area (Å²) in [6.45, 7) is 3.04. The van der Waals surface area contributed by atoms with Crippen molar-refractivity contribution in [3.05, 3.63) is 18.2 Å². The lowest BCUT2D eigenvalue weighted by atomic mass is 10.3. The SMILES string of the molecule is C[C@@H](Sc1ccc2c(c1)OCCCO2)C(=O)NC(=O)NC1CC1. The van der Waals surface area contributed by atoms with Crippen molar-refractivity contribution in [3.8, 4) is 11.5 Å². The first-order chi connectivity index (χ1) is 11.1. The van der Waals surface area contributed by atoms with E-state index in [4.69, 9.17) is 9.47 Å². The molecule has 1 aliphatic heterocycles. The van der Waals surface area contributed by atoms with Crippen molar-refractivity contribution in [1.29, 1.82) is 0 Å². The molecule has 1 aromatic carbocycles. The van der Waals surface area contributed by atoms with Crippen LogP contribution in [0, 0.1) is 0 Å². The van der Waals surface area contributed by atoms with Gasteiger partial charge in [-0.2, -0.15) is 0 Å². The lowest BCUT2D eigenvalue weighted by Gasteiger charge is -2.13. The number of amides is 3. The predicted octanol–water partition coefficient (Wildman–Crippen LogP) is 2.32. The van der Waals surface area contributed by atoms with Gasteiger partial charge in [0.2, 0.25) is 5.91 Å². The molecule has 1 aliphatic carbocycles. The quantitative estimate of drug-likeness (QED) is 0.825. The van der Waals surface area contributed by atoms with E-state index in [1.165, 1.54) is 11.8 Å². The maximum atomic E-state index is 12.1. The fourth-order valence-electron chi connectivity index (χ4n) is 2.14. The van der Waals surface area contributed by atoms with Crippen LogP contribution in [0.2, 0.25) is 0 Å². The molecule has 0 aromatic heterocycles. The van der Waals surface area contributed by atoms with E-state index in [0.717, 1.165) is 29.9 Å². The number of nitrogens with one attached hydrogen (secondary N) is 2. The molecule has 2 N–H and O–H groups in total. The molecule has 7 heteroatoms. The number of hydrogen-bond donors (Lipinski definition) is 2. The zero-order valence-corrected chi connectivity index (χ0v) is 13.8. The van der Waals surface area contributed by atoms with Gasteiger partial charge in [-0.15, -0.1) is 11.8 Å². The molecule has 124 valence electrons. The Bertz CT molecular complexity index is 604. The third kappa shape index (κ3) is 4.54. The Morgan fingerprint density at radius 3 is 2.70 bits per heavy atom. The summed E-state index contributed by atoms with van der Waals surface area (Å²) < 4.78 is 11.2. The van der Waals surface area contributed by atoms with Gasteiger partial charge in [0, 0.05) is 17.4 Å². The second-order valence-electron chi connectivity index (χ2n) is 5.66. The smallest absolute Gasteiger partial charge is 0.321 e. The summed E-state index contributed by atoms with van der Waals surface area (Å²) in [4.78, 5) is 24.6. The van der Waals surface area contributed by atoms with Gasteiger partial charge in [-0.25, -0.2) is 4.79 Å². The van der Waals surface area contributed by atoms with E-state index in [1.807, 2.05) is 18.2 Å². The van der Waals surface area contributed by atoms with Crippen molar-refractivity contribution in [2.45, 2.75) is 42.4 Å². The van der Waals surface area contributed by atoms with Crippen LogP contribution in [0.5, 0.6) is 11.5 Å². The topological polar surface area (TPSA) is 76.7 Å². The molecule has 2 aliphatic rings. The largest absolute Gasteiger partial charge is 0.490 e. The zero-order valence-electron chi connectivity index (χ0n) is 13.0. The second kappa shape index (κ2) is 7.12. The molecular weight excluding hydrogens is 316 g/mol. The summed E-state index contributed by atoms with van der Waals surface area (Å²) in [5, 5.41) is 4.73. The Hall–Kier alpha value is -1.89. The number of fused-ring (bicyclic) bond motifs is 1. The maximum absolute atomic E-state index is 12.1. The van der Waals surface area contributed by atoms with Gasteiger partial charge in [0.15, 0.2) is 11.5 Å². The van der Waals surface area contributed by atoms with Gasteiger partial charge in [0.25, 0.3) is 0 Å². The number of carbonyl (C=O) groups is 2. The summed E-state index contributed by atoms with van der Waals surface area (Å²) in [5.74, 6) is 1.12. The zero-order chi connectivity index (χ0) is 16.2. The molecule has 1 heterocycles. The standard InChI is InChI=1S/C16H20N2O4S/c1-10(15(19)18-16(20)17-11-3-4-11)23-12-5-6-13-14(9-12)22-8-2-7-21-13/h5-6,9-11H,2-4,7-8H2,1H3,(H2,17,18,19,20)/t10-/m1/s1. The van der Waals surface area contributed by atoms with E-state index < -0.39 is 6.03 Å². The molecule has 3 amide bonds. The molecule has 0 bridgehead atoms. The first-order valence-electron chi connectivity index (χ1n) is 7.79. The van der Waals surface area contributed by atoms with E-state index in [2.05, 4.69) is 10.6 Å². The van der Waals surface area contributed by atoms with Gasteiger partial charge >= 0.3 is 6.03 Å². The van der Waals surface area contributed by atoms with Gasteiger partial charge in [-0.1, -0.05) is 0 Å². The minimum Gasteiger partial charge on any atom is -0.490 e. The molecule has 0 unspecified atom stereocenters. The van der Waals surface area contributed by atoms with Gasteiger partial charge < -0.3 is 14.8 Å². The fraction of sp³-hybridized carbons (Fsp3) is 0.500. The van der Waals surface area contributed by atoms with E-state index in [1.54, 1.807) is 6.92 Å². The molecule has 6 nitrogen and oxygen atoms in total. The van der Waals surface area contributed by atoms with Crippen LogP contribution in [0.1, 0.15) is 26.2 Å². The van der Waals surface area contributed by atoms with Crippen molar-refractivity contribution in [2.24, 2.45) is 0 Å². The van der Waals surface area contributed by atoms with E-state index in [9.17, 15) is 9.59 Å². The number of rotatable bonds is 4. The first-order valence-corrected chi connectivity index (χ1v) is 8.67. The van der Waals surface area contributed by atoms with Gasteiger partial charge in [0.05, 0.1) is 18.5 Å². The number of urea groups is 1. The number of benzene rings is 1. The summed E-state index contributed by atoms with van der Waals surface area (Å²) >= 11 is 1.38. The van der Waals surface area contributed by atoms with E-state index >= 15 is 0 Å². The molecule has 1 fully saturated rings. The van der Waals surface area contributed by atoms with Crippen molar-refractivity contribution in [2.75, 3.05) is 13.2 Å². The number of carbonyl (C=O) groups excluding carboxylic acids is 2. The summed E-state index contributed by atoms with van der Waals surface area (Å²) in [6, 6.07) is 5.44. The van der Waals surface area contributed by atoms with Crippen LogP contribution in [0.3, 0.4) is 0 Å². The highest BCUT2D eigenvalue weighted by Crippen LogP contribution is 2.35. The average molecular weight is 336 g/mol. The molecule has 0 spiro atoms. The molecule has 1 saturated carbocycles. The van der Waals surface area contributed by atoms with Crippen LogP contribution in [0.15, 0.2) is 23.1 Å². The highest BCUT2D eigenvalue weighted by molar-refractivity contribution is 8.00. The summed E-state index contributed by atoms with van der Waals surface area (Å²) in [7, 11) is 0. The minimum absolute atomic E-state index is 0.229. The molecule has 1 atom stereocenters. The molecular formula is C16H20N2O4S. The fourth-order valence-corrected chi connectivity index (χ4v) is 3.03. The van der Waals surface area contributed by atoms with Crippen LogP contribution >= 0.6 is 11.8 Å².